The zero-order valence-electron chi connectivity index (χ0n) is 17.2. The second-order valence-corrected chi connectivity index (χ2v) is 10.1. The van der Waals surface area contributed by atoms with Gasteiger partial charge in [0.1, 0.15) is 6.10 Å². The summed E-state index contributed by atoms with van der Waals surface area (Å²) in [5, 5.41) is 0. The minimum atomic E-state index is -1.46. The van der Waals surface area contributed by atoms with Crippen molar-refractivity contribution in [2.75, 3.05) is 6.61 Å². The average Bonchev–Trinajstić information content (AvgIpc) is 2.98. The number of esters is 2. The van der Waals surface area contributed by atoms with Crippen LogP contribution in [-0.2, 0) is 28.6 Å². The van der Waals surface area contributed by atoms with E-state index in [1.165, 1.54) is 6.92 Å². The summed E-state index contributed by atoms with van der Waals surface area (Å²) in [5.74, 6) is -0.166. The van der Waals surface area contributed by atoms with E-state index in [4.69, 9.17) is 14.2 Å². The maximum atomic E-state index is 13.5. The van der Waals surface area contributed by atoms with E-state index in [9.17, 15) is 14.4 Å². The van der Waals surface area contributed by atoms with Crippen LogP contribution in [0.4, 0.5) is 0 Å². The van der Waals surface area contributed by atoms with Crippen LogP contribution in [0.1, 0.15) is 59.8 Å². The molecule has 2 saturated heterocycles. The number of hydrogen-bond donors (Lipinski definition) is 0. The van der Waals surface area contributed by atoms with Crippen molar-refractivity contribution in [1.29, 1.82) is 0 Å². The fourth-order valence-corrected chi connectivity index (χ4v) is 7.80. The molecule has 28 heavy (non-hydrogen) atoms. The molecule has 0 amide bonds. The lowest BCUT2D eigenvalue weighted by Gasteiger charge is -2.50. The summed E-state index contributed by atoms with van der Waals surface area (Å²) in [6.45, 7) is 7.87. The third kappa shape index (κ3) is 2.05. The van der Waals surface area contributed by atoms with Crippen molar-refractivity contribution in [2.24, 2.45) is 35.0 Å². The molecule has 0 N–H and O–H groups in total. The molecular weight excluding hydrogens is 360 g/mol. The number of carbonyl (C=O) groups excluding carboxylic acids is 3. The molecule has 6 heteroatoms. The standard InChI is InChI=1S/C22H30O6/c1-5-26-19(25)22-9-14-16-17(20(16,3)4)15(27-11(2)23)10-21(14,28-22)13-8-6-7-12(13)18(22)24/h12-17H,5-10H2,1-4H3/t12-,13-,14-,15-,16-,17+,21-,22-/m0/s1. The molecule has 154 valence electrons. The van der Waals surface area contributed by atoms with Crippen LogP contribution in [0.5, 0.6) is 0 Å². The van der Waals surface area contributed by atoms with Crippen molar-refractivity contribution >= 4 is 17.7 Å². The van der Waals surface area contributed by atoms with Gasteiger partial charge in [0.15, 0.2) is 5.78 Å². The third-order valence-corrected chi connectivity index (χ3v) is 8.65. The van der Waals surface area contributed by atoms with Gasteiger partial charge in [-0.25, -0.2) is 4.79 Å². The van der Waals surface area contributed by atoms with Gasteiger partial charge in [-0.2, -0.15) is 0 Å². The highest BCUT2D eigenvalue weighted by Crippen LogP contribution is 2.76. The Balaban J connectivity index is 1.61. The molecule has 1 spiro atoms. The molecule has 0 radical (unpaired) electrons. The summed E-state index contributed by atoms with van der Waals surface area (Å²) >= 11 is 0. The predicted molar refractivity (Wildman–Crippen MR) is 98.1 cm³/mol. The van der Waals surface area contributed by atoms with E-state index < -0.39 is 17.2 Å². The monoisotopic (exact) mass is 390 g/mol. The Hall–Kier alpha value is -1.43. The molecule has 5 aliphatic rings. The second kappa shape index (κ2) is 5.59. The van der Waals surface area contributed by atoms with Gasteiger partial charge in [-0.05, 0) is 42.9 Å². The molecule has 2 aliphatic heterocycles. The number of rotatable bonds is 3. The van der Waals surface area contributed by atoms with Crippen LogP contribution in [0.15, 0.2) is 0 Å². The summed E-state index contributed by atoms with van der Waals surface area (Å²) in [4.78, 5) is 38.3. The predicted octanol–water partition coefficient (Wildman–Crippen LogP) is 2.67. The van der Waals surface area contributed by atoms with E-state index in [1.807, 2.05) is 0 Å². The van der Waals surface area contributed by atoms with Gasteiger partial charge >= 0.3 is 11.9 Å². The van der Waals surface area contributed by atoms with E-state index in [0.29, 0.717) is 18.8 Å². The van der Waals surface area contributed by atoms with Crippen LogP contribution in [0.2, 0.25) is 0 Å². The van der Waals surface area contributed by atoms with Gasteiger partial charge < -0.3 is 14.2 Å². The first-order valence-corrected chi connectivity index (χ1v) is 10.8. The van der Waals surface area contributed by atoms with E-state index >= 15 is 0 Å². The molecular formula is C22H30O6. The quantitative estimate of drug-likeness (QED) is 0.545. The Kier molecular flexibility index (Phi) is 3.71. The van der Waals surface area contributed by atoms with Crippen LogP contribution >= 0.6 is 0 Å². The van der Waals surface area contributed by atoms with Crippen molar-refractivity contribution in [3.63, 3.8) is 0 Å². The smallest absolute Gasteiger partial charge is 0.346 e. The first kappa shape index (κ1) is 18.6. The topological polar surface area (TPSA) is 78.9 Å². The summed E-state index contributed by atoms with van der Waals surface area (Å²) in [6.07, 6.45) is 3.55. The molecule has 2 heterocycles. The van der Waals surface area contributed by atoms with Crippen LogP contribution in [-0.4, -0.2) is 41.6 Å². The molecule has 0 aromatic carbocycles. The maximum Gasteiger partial charge on any atom is 0.346 e. The first-order valence-electron chi connectivity index (χ1n) is 10.8. The van der Waals surface area contributed by atoms with Gasteiger partial charge in [-0.3, -0.25) is 9.59 Å². The highest BCUT2D eigenvalue weighted by Gasteiger charge is 2.82. The zero-order valence-corrected chi connectivity index (χ0v) is 17.2. The average molecular weight is 390 g/mol. The number of ketones is 1. The Morgan fingerprint density at radius 1 is 1.14 bits per heavy atom. The Bertz CT molecular complexity index is 758. The van der Waals surface area contributed by atoms with Gasteiger partial charge in [0.05, 0.1) is 12.2 Å². The zero-order chi connectivity index (χ0) is 20.1. The second-order valence-electron chi connectivity index (χ2n) is 10.1. The van der Waals surface area contributed by atoms with Crippen molar-refractivity contribution in [3.8, 4) is 0 Å². The third-order valence-electron chi connectivity index (χ3n) is 8.65. The lowest BCUT2D eigenvalue weighted by Crippen LogP contribution is -2.61. The summed E-state index contributed by atoms with van der Waals surface area (Å²) in [6, 6.07) is 0. The number of Topliss-reactive ketones (excluding diaryl/α,β-unsaturated/α-hetero) is 1. The van der Waals surface area contributed by atoms with Crippen molar-refractivity contribution in [2.45, 2.75) is 77.1 Å². The molecule has 5 rings (SSSR count). The van der Waals surface area contributed by atoms with Gasteiger partial charge in [0, 0.05) is 31.6 Å². The van der Waals surface area contributed by atoms with E-state index in [2.05, 4.69) is 13.8 Å². The summed E-state index contributed by atoms with van der Waals surface area (Å²) in [5.41, 5.74) is -2.00. The Morgan fingerprint density at radius 3 is 2.57 bits per heavy atom. The van der Waals surface area contributed by atoms with E-state index in [1.54, 1.807) is 6.92 Å². The van der Waals surface area contributed by atoms with Crippen LogP contribution < -0.4 is 0 Å². The number of hydrogen-bond acceptors (Lipinski definition) is 6. The van der Waals surface area contributed by atoms with Gasteiger partial charge in [0.2, 0.25) is 5.60 Å². The minimum absolute atomic E-state index is 0.0160. The van der Waals surface area contributed by atoms with Crippen LogP contribution in [0, 0.1) is 35.0 Å². The van der Waals surface area contributed by atoms with Crippen molar-refractivity contribution < 1.29 is 28.6 Å². The Morgan fingerprint density at radius 2 is 1.89 bits per heavy atom. The minimum Gasteiger partial charge on any atom is -0.464 e. The van der Waals surface area contributed by atoms with Crippen molar-refractivity contribution in [3.05, 3.63) is 0 Å². The number of fused-ring (bicyclic) bond motifs is 4. The normalized spacial score (nSPS) is 49.6. The largest absolute Gasteiger partial charge is 0.464 e. The fraction of sp³-hybridized carbons (Fsp3) is 0.864. The molecule has 0 aromatic heterocycles. The summed E-state index contributed by atoms with van der Waals surface area (Å²) < 4.78 is 17.7. The molecule has 3 aliphatic carbocycles. The highest BCUT2D eigenvalue weighted by molar-refractivity contribution is 6.09. The molecule has 6 nitrogen and oxygen atoms in total. The number of ether oxygens (including phenoxy) is 3. The first-order chi connectivity index (χ1) is 13.2. The molecule has 8 atom stereocenters. The van der Waals surface area contributed by atoms with Crippen LogP contribution in [0.25, 0.3) is 0 Å². The Labute approximate surface area is 165 Å². The SMILES string of the molecule is CCOC(=O)[C@@]12C[C@H]3[C@H]4[C@@H]([C@@H](OC(C)=O)C[C@]3(O1)[C@H]1CCC[C@@H]1C2=O)C4(C)C. The number of carbonyl (C=O) groups is 3. The van der Waals surface area contributed by atoms with Gasteiger partial charge in [-0.15, -0.1) is 0 Å². The van der Waals surface area contributed by atoms with Crippen LogP contribution in [0.3, 0.4) is 0 Å². The van der Waals surface area contributed by atoms with E-state index in [0.717, 1.165) is 19.3 Å². The molecule has 5 fully saturated rings. The lowest BCUT2D eigenvalue weighted by atomic mass is 9.65. The molecule has 0 aromatic rings. The molecule has 2 bridgehead atoms. The summed E-state index contributed by atoms with van der Waals surface area (Å²) in [7, 11) is 0. The molecule has 3 saturated carbocycles. The van der Waals surface area contributed by atoms with E-state index in [-0.39, 0.29) is 53.6 Å². The van der Waals surface area contributed by atoms with Crippen molar-refractivity contribution in [1.82, 2.24) is 0 Å². The maximum absolute atomic E-state index is 13.5. The lowest BCUT2D eigenvalue weighted by molar-refractivity contribution is -0.222. The fourth-order valence-electron chi connectivity index (χ4n) is 7.80. The van der Waals surface area contributed by atoms with Gasteiger partial charge in [0.25, 0.3) is 0 Å². The molecule has 0 unspecified atom stereocenters. The van der Waals surface area contributed by atoms with Gasteiger partial charge in [-0.1, -0.05) is 20.3 Å². The highest BCUT2D eigenvalue weighted by atomic mass is 16.6.